The molecule has 3 nitrogen and oxygen atoms in total. The number of hydrogen-bond acceptors (Lipinski definition) is 2. The van der Waals surface area contributed by atoms with E-state index in [1.165, 1.54) is 19.3 Å². The molecule has 0 aliphatic heterocycles. The van der Waals surface area contributed by atoms with E-state index in [4.69, 9.17) is 10.5 Å². The SMILES string of the molecule is CC(C)(OC1CCCCC1)C(N)=O. The van der Waals surface area contributed by atoms with Crippen LogP contribution in [0.3, 0.4) is 0 Å². The zero-order valence-corrected chi connectivity index (χ0v) is 8.51. The van der Waals surface area contributed by atoms with Crippen LogP contribution in [0.15, 0.2) is 0 Å². The summed E-state index contributed by atoms with van der Waals surface area (Å²) in [7, 11) is 0. The third-order valence-electron chi connectivity index (χ3n) is 2.61. The van der Waals surface area contributed by atoms with Crippen LogP contribution in [0.25, 0.3) is 0 Å². The van der Waals surface area contributed by atoms with E-state index in [1.54, 1.807) is 13.8 Å². The van der Waals surface area contributed by atoms with E-state index in [-0.39, 0.29) is 12.0 Å². The Balaban J connectivity index is 2.41. The van der Waals surface area contributed by atoms with E-state index in [0.717, 1.165) is 12.8 Å². The number of hydrogen-bond donors (Lipinski definition) is 1. The van der Waals surface area contributed by atoms with Gasteiger partial charge in [0, 0.05) is 0 Å². The fourth-order valence-electron chi connectivity index (χ4n) is 1.66. The molecule has 76 valence electrons. The molecule has 3 heteroatoms. The number of carbonyl (C=O) groups is 1. The van der Waals surface area contributed by atoms with Gasteiger partial charge < -0.3 is 10.5 Å². The minimum Gasteiger partial charge on any atom is -0.367 e. The van der Waals surface area contributed by atoms with Gasteiger partial charge in [0.1, 0.15) is 5.60 Å². The van der Waals surface area contributed by atoms with Crippen LogP contribution < -0.4 is 5.73 Å². The second kappa shape index (κ2) is 4.09. The first-order chi connectivity index (χ1) is 6.02. The Kier molecular flexibility index (Phi) is 3.31. The van der Waals surface area contributed by atoms with Gasteiger partial charge in [-0.2, -0.15) is 0 Å². The number of primary amides is 1. The van der Waals surface area contributed by atoms with Crippen molar-refractivity contribution in [2.24, 2.45) is 5.73 Å². The van der Waals surface area contributed by atoms with Gasteiger partial charge in [-0.25, -0.2) is 0 Å². The number of nitrogens with two attached hydrogens (primary N) is 1. The Labute approximate surface area is 79.6 Å². The van der Waals surface area contributed by atoms with E-state index in [1.807, 2.05) is 0 Å². The van der Waals surface area contributed by atoms with Crippen molar-refractivity contribution >= 4 is 5.91 Å². The van der Waals surface area contributed by atoms with Crippen LogP contribution in [-0.2, 0) is 9.53 Å². The minimum atomic E-state index is -0.804. The average molecular weight is 185 g/mol. The molecule has 0 heterocycles. The molecule has 1 saturated carbocycles. The molecule has 13 heavy (non-hydrogen) atoms. The summed E-state index contributed by atoms with van der Waals surface area (Å²) in [4.78, 5) is 11.0. The van der Waals surface area contributed by atoms with Crippen LogP contribution >= 0.6 is 0 Å². The molecule has 0 aromatic rings. The molecule has 0 spiro atoms. The highest BCUT2D eigenvalue weighted by Crippen LogP contribution is 2.24. The summed E-state index contributed by atoms with van der Waals surface area (Å²) in [5.41, 5.74) is 4.42. The summed E-state index contributed by atoms with van der Waals surface area (Å²) in [6.07, 6.45) is 6.07. The molecule has 1 rings (SSSR count). The van der Waals surface area contributed by atoms with Crippen molar-refractivity contribution in [1.82, 2.24) is 0 Å². The van der Waals surface area contributed by atoms with Crippen LogP contribution in [0, 0.1) is 0 Å². The maximum absolute atomic E-state index is 11.0. The van der Waals surface area contributed by atoms with Gasteiger partial charge in [0.05, 0.1) is 6.10 Å². The maximum Gasteiger partial charge on any atom is 0.249 e. The van der Waals surface area contributed by atoms with Gasteiger partial charge in [-0.1, -0.05) is 19.3 Å². The molecule has 0 radical (unpaired) electrons. The first-order valence-corrected chi connectivity index (χ1v) is 5.00. The van der Waals surface area contributed by atoms with Gasteiger partial charge in [0.2, 0.25) is 5.91 Å². The number of carbonyl (C=O) groups excluding carboxylic acids is 1. The quantitative estimate of drug-likeness (QED) is 0.726. The van der Waals surface area contributed by atoms with Crippen molar-refractivity contribution in [2.75, 3.05) is 0 Å². The van der Waals surface area contributed by atoms with Crippen molar-refractivity contribution in [3.63, 3.8) is 0 Å². The number of ether oxygens (including phenoxy) is 1. The van der Waals surface area contributed by atoms with Gasteiger partial charge in [-0.15, -0.1) is 0 Å². The van der Waals surface area contributed by atoms with Gasteiger partial charge in [-0.3, -0.25) is 4.79 Å². The second-order valence-corrected chi connectivity index (χ2v) is 4.25. The summed E-state index contributed by atoms with van der Waals surface area (Å²) >= 11 is 0. The smallest absolute Gasteiger partial charge is 0.249 e. The highest BCUT2D eigenvalue weighted by molar-refractivity contribution is 5.82. The fourth-order valence-corrected chi connectivity index (χ4v) is 1.66. The second-order valence-electron chi connectivity index (χ2n) is 4.25. The summed E-state index contributed by atoms with van der Waals surface area (Å²) < 4.78 is 5.67. The third kappa shape index (κ3) is 2.99. The minimum absolute atomic E-state index is 0.233. The van der Waals surface area contributed by atoms with E-state index in [0.29, 0.717) is 0 Å². The lowest BCUT2D eigenvalue weighted by atomic mass is 9.96. The largest absolute Gasteiger partial charge is 0.367 e. The van der Waals surface area contributed by atoms with E-state index >= 15 is 0 Å². The van der Waals surface area contributed by atoms with Crippen molar-refractivity contribution in [3.05, 3.63) is 0 Å². The Morgan fingerprint density at radius 2 is 1.85 bits per heavy atom. The van der Waals surface area contributed by atoms with Crippen LogP contribution in [0.2, 0.25) is 0 Å². The topological polar surface area (TPSA) is 52.3 Å². The number of amides is 1. The maximum atomic E-state index is 11.0. The molecule has 0 aromatic carbocycles. The third-order valence-corrected chi connectivity index (χ3v) is 2.61. The summed E-state index contributed by atoms with van der Waals surface area (Å²) in [6.45, 7) is 3.48. The lowest BCUT2D eigenvalue weighted by molar-refractivity contribution is -0.148. The van der Waals surface area contributed by atoms with Gasteiger partial charge in [-0.05, 0) is 26.7 Å². The predicted octanol–water partition coefficient (Wildman–Crippen LogP) is 1.60. The number of rotatable bonds is 3. The van der Waals surface area contributed by atoms with E-state index in [9.17, 15) is 4.79 Å². The molecule has 2 N–H and O–H groups in total. The molecule has 1 aliphatic carbocycles. The lowest BCUT2D eigenvalue weighted by Gasteiger charge is -2.30. The lowest BCUT2D eigenvalue weighted by Crippen LogP contribution is -2.43. The average Bonchev–Trinajstić information content (AvgIpc) is 2.05. The van der Waals surface area contributed by atoms with Crippen LogP contribution in [0.5, 0.6) is 0 Å². The first-order valence-electron chi connectivity index (χ1n) is 5.00. The monoisotopic (exact) mass is 185 g/mol. The molecule has 1 amide bonds. The van der Waals surface area contributed by atoms with Crippen molar-refractivity contribution in [1.29, 1.82) is 0 Å². The Morgan fingerprint density at radius 1 is 1.31 bits per heavy atom. The zero-order valence-electron chi connectivity index (χ0n) is 8.51. The molecular weight excluding hydrogens is 166 g/mol. The fraction of sp³-hybridized carbons (Fsp3) is 0.900. The molecule has 0 bridgehead atoms. The van der Waals surface area contributed by atoms with E-state index < -0.39 is 5.60 Å². The van der Waals surface area contributed by atoms with Crippen LogP contribution in [0.4, 0.5) is 0 Å². The molecule has 1 fully saturated rings. The molecule has 0 aromatic heterocycles. The summed E-state index contributed by atoms with van der Waals surface area (Å²) in [5, 5.41) is 0. The molecule has 0 atom stereocenters. The van der Waals surface area contributed by atoms with Gasteiger partial charge in [0.25, 0.3) is 0 Å². The molecule has 0 saturated heterocycles. The molecule has 0 unspecified atom stereocenters. The van der Waals surface area contributed by atoms with Gasteiger partial charge in [0.15, 0.2) is 0 Å². The predicted molar refractivity (Wildman–Crippen MR) is 51.2 cm³/mol. The molecular formula is C10H19NO2. The Bertz CT molecular complexity index is 183. The van der Waals surface area contributed by atoms with Crippen LogP contribution in [0.1, 0.15) is 46.0 Å². The van der Waals surface area contributed by atoms with Crippen LogP contribution in [-0.4, -0.2) is 17.6 Å². The highest BCUT2D eigenvalue weighted by Gasteiger charge is 2.30. The zero-order chi connectivity index (χ0) is 9.90. The normalized spacial score (nSPS) is 20.2. The Hall–Kier alpha value is -0.570. The van der Waals surface area contributed by atoms with Crippen molar-refractivity contribution in [3.8, 4) is 0 Å². The first kappa shape index (κ1) is 10.5. The summed E-state index contributed by atoms with van der Waals surface area (Å²) in [5.74, 6) is -0.377. The van der Waals surface area contributed by atoms with Crippen molar-refractivity contribution < 1.29 is 9.53 Å². The van der Waals surface area contributed by atoms with Gasteiger partial charge >= 0.3 is 0 Å². The Morgan fingerprint density at radius 3 is 2.31 bits per heavy atom. The highest BCUT2D eigenvalue weighted by atomic mass is 16.5. The molecule has 1 aliphatic rings. The standard InChI is InChI=1S/C10H19NO2/c1-10(2,9(11)12)13-8-6-4-3-5-7-8/h8H,3-7H2,1-2H3,(H2,11,12). The van der Waals surface area contributed by atoms with E-state index in [2.05, 4.69) is 0 Å². The van der Waals surface area contributed by atoms with Crippen molar-refractivity contribution in [2.45, 2.75) is 57.7 Å². The summed E-state index contributed by atoms with van der Waals surface area (Å²) in [6, 6.07) is 0.